The predicted octanol–water partition coefficient (Wildman–Crippen LogP) is 1.17. The summed E-state index contributed by atoms with van der Waals surface area (Å²) in [6.07, 6.45) is 0.676. The minimum Gasteiger partial charge on any atom is -0.343 e. The van der Waals surface area contributed by atoms with E-state index in [4.69, 9.17) is 5.73 Å². The zero-order chi connectivity index (χ0) is 27.7. The molecular formula is C22H32N6O8. The molecule has 1 rings (SSSR count). The number of carbonyl (C=O) groups excluding carboxylic acids is 4. The monoisotopic (exact) mass is 508 g/mol. The highest BCUT2D eigenvalue weighted by atomic mass is 16.6. The molecule has 0 radical (unpaired) electrons. The van der Waals surface area contributed by atoms with Crippen LogP contribution in [-0.2, 0) is 14.4 Å². The molecule has 0 heterocycles. The first kappa shape index (κ1) is 30.1. The van der Waals surface area contributed by atoms with Gasteiger partial charge >= 0.3 is 0 Å². The van der Waals surface area contributed by atoms with Gasteiger partial charge < -0.3 is 16.4 Å². The minimum absolute atomic E-state index is 0.0118. The quantitative estimate of drug-likeness (QED) is 0.235. The lowest BCUT2D eigenvalue weighted by atomic mass is 10.0. The molecule has 0 bridgehead atoms. The van der Waals surface area contributed by atoms with Gasteiger partial charge in [0, 0.05) is 12.1 Å². The molecule has 5 N–H and O–H groups in total. The summed E-state index contributed by atoms with van der Waals surface area (Å²) in [4.78, 5) is 70.3. The lowest BCUT2D eigenvalue weighted by Crippen LogP contribution is -2.55. The van der Waals surface area contributed by atoms with Crippen molar-refractivity contribution >= 4 is 35.0 Å². The maximum atomic E-state index is 12.8. The second kappa shape index (κ2) is 13.2. The highest BCUT2D eigenvalue weighted by molar-refractivity contribution is 6.07. The summed E-state index contributed by atoms with van der Waals surface area (Å²) < 4.78 is 0. The van der Waals surface area contributed by atoms with Crippen LogP contribution in [0.3, 0.4) is 0 Å². The van der Waals surface area contributed by atoms with Crippen LogP contribution in [0.4, 0.5) is 11.4 Å². The van der Waals surface area contributed by atoms with Gasteiger partial charge in [-0.15, -0.1) is 0 Å². The Morgan fingerprint density at radius 2 is 1.31 bits per heavy atom. The number of hydrogen-bond donors (Lipinski definition) is 4. The van der Waals surface area contributed by atoms with Crippen molar-refractivity contribution in [3.63, 3.8) is 0 Å². The number of nitrogens with one attached hydrogen (secondary N) is 3. The number of benzene rings is 1. The first-order valence-electron chi connectivity index (χ1n) is 11.3. The van der Waals surface area contributed by atoms with Gasteiger partial charge in [-0.25, -0.2) is 0 Å². The molecule has 1 aromatic rings. The summed E-state index contributed by atoms with van der Waals surface area (Å²) in [6, 6.07) is -0.796. The minimum atomic E-state index is -1.24. The fourth-order valence-electron chi connectivity index (χ4n) is 3.21. The lowest BCUT2D eigenvalue weighted by Gasteiger charge is -2.24. The highest BCUT2D eigenvalue weighted by Gasteiger charge is 2.28. The molecule has 0 unspecified atom stereocenters. The van der Waals surface area contributed by atoms with Crippen LogP contribution in [0, 0.1) is 32.1 Å². The molecule has 14 nitrogen and oxygen atoms in total. The van der Waals surface area contributed by atoms with E-state index in [1.54, 1.807) is 0 Å². The molecule has 0 aliphatic heterocycles. The van der Waals surface area contributed by atoms with Crippen molar-refractivity contribution in [3.8, 4) is 0 Å². The molecule has 0 aromatic heterocycles. The van der Waals surface area contributed by atoms with E-state index < -0.39 is 68.5 Å². The Kier molecular flexibility index (Phi) is 11.1. The van der Waals surface area contributed by atoms with Crippen molar-refractivity contribution < 1.29 is 29.0 Å². The maximum absolute atomic E-state index is 12.8. The number of non-ortho nitro benzene ring substituents is 2. The van der Waals surface area contributed by atoms with Gasteiger partial charge in [0.2, 0.25) is 17.7 Å². The van der Waals surface area contributed by atoms with Gasteiger partial charge in [0.1, 0.15) is 12.1 Å². The number of amides is 4. The number of hydrogen-bond acceptors (Lipinski definition) is 9. The Morgan fingerprint density at radius 3 is 1.75 bits per heavy atom. The smallest absolute Gasteiger partial charge is 0.277 e. The Balaban J connectivity index is 2.92. The molecule has 3 atom stereocenters. The molecule has 14 heteroatoms. The Bertz CT molecular complexity index is 994. The van der Waals surface area contributed by atoms with Gasteiger partial charge in [-0.3, -0.25) is 44.7 Å². The number of nitrogens with zero attached hydrogens (tertiary/aromatic N) is 2. The van der Waals surface area contributed by atoms with Crippen LogP contribution in [0.2, 0.25) is 0 Å². The molecule has 0 spiro atoms. The third kappa shape index (κ3) is 9.37. The Hall–Kier alpha value is -3.94. The fourth-order valence-corrected chi connectivity index (χ4v) is 3.21. The molecule has 198 valence electrons. The van der Waals surface area contributed by atoms with Crippen LogP contribution in [0.25, 0.3) is 0 Å². The van der Waals surface area contributed by atoms with Crippen molar-refractivity contribution in [1.82, 2.24) is 16.0 Å². The molecule has 0 aliphatic rings. The topological polar surface area (TPSA) is 217 Å². The van der Waals surface area contributed by atoms with E-state index in [1.807, 2.05) is 33.0 Å². The van der Waals surface area contributed by atoms with Gasteiger partial charge in [-0.1, -0.05) is 27.7 Å². The summed E-state index contributed by atoms with van der Waals surface area (Å²) in [5, 5.41) is 29.0. The lowest BCUT2D eigenvalue weighted by molar-refractivity contribution is -0.394. The number of nitro groups is 2. The maximum Gasteiger partial charge on any atom is 0.277 e. The largest absolute Gasteiger partial charge is 0.343 e. The average molecular weight is 509 g/mol. The first-order chi connectivity index (χ1) is 16.6. The summed E-state index contributed by atoms with van der Waals surface area (Å²) in [5.74, 6) is -3.10. The van der Waals surface area contributed by atoms with E-state index in [2.05, 4.69) is 10.6 Å². The second-order valence-corrected chi connectivity index (χ2v) is 9.23. The Labute approximate surface area is 207 Å². The third-order valence-electron chi connectivity index (χ3n) is 4.98. The van der Waals surface area contributed by atoms with E-state index >= 15 is 0 Å². The summed E-state index contributed by atoms with van der Waals surface area (Å²) in [6.45, 7) is 8.77. The van der Waals surface area contributed by atoms with Crippen molar-refractivity contribution in [3.05, 3.63) is 44.0 Å². The van der Waals surface area contributed by atoms with E-state index in [-0.39, 0.29) is 18.3 Å². The van der Waals surface area contributed by atoms with E-state index in [0.717, 1.165) is 12.1 Å². The number of carbonyl (C=O) groups is 4. The SMILES string of the molecule is CC(C)C[C@H](NC(=O)[C@@H](N)CC(C)C)C(=O)N[C@@H](C)C(=O)NC(=O)c1cc([N+](=O)[O-])cc([N+](=O)[O-])c1. The van der Waals surface area contributed by atoms with Gasteiger partial charge in [-0.05, 0) is 31.6 Å². The van der Waals surface area contributed by atoms with E-state index in [0.29, 0.717) is 12.5 Å². The van der Waals surface area contributed by atoms with Crippen LogP contribution >= 0.6 is 0 Å². The van der Waals surface area contributed by atoms with Gasteiger partial charge in [0.15, 0.2) is 0 Å². The zero-order valence-electron chi connectivity index (χ0n) is 20.8. The molecule has 1 aromatic carbocycles. The molecule has 0 aliphatic carbocycles. The van der Waals surface area contributed by atoms with Crippen molar-refractivity contribution in [2.45, 2.75) is 65.6 Å². The van der Waals surface area contributed by atoms with Crippen molar-refractivity contribution in [1.29, 1.82) is 0 Å². The van der Waals surface area contributed by atoms with Gasteiger partial charge in [-0.2, -0.15) is 0 Å². The standard InChI is InChI=1S/C22H32N6O8/c1-11(2)6-17(23)21(31)25-18(7-12(3)4)22(32)24-13(5)19(29)26-20(30)14-8-15(27(33)34)10-16(9-14)28(35)36/h8-13,17-18H,6-7,23H2,1-5H3,(H,24,32)(H,25,31)(H,26,29,30)/t13-,17-,18-/m0/s1. The van der Waals surface area contributed by atoms with Crippen LogP contribution in [-0.4, -0.2) is 51.6 Å². The highest BCUT2D eigenvalue weighted by Crippen LogP contribution is 2.22. The second-order valence-electron chi connectivity index (χ2n) is 9.23. The normalized spacial score (nSPS) is 13.4. The van der Waals surface area contributed by atoms with Crippen LogP contribution in [0.1, 0.15) is 57.8 Å². The molecule has 4 amide bonds. The number of nitro benzene ring substituents is 2. The Morgan fingerprint density at radius 1 is 0.806 bits per heavy atom. The number of nitrogens with two attached hydrogens (primary N) is 1. The fraction of sp³-hybridized carbons (Fsp3) is 0.545. The van der Waals surface area contributed by atoms with Crippen molar-refractivity contribution in [2.24, 2.45) is 17.6 Å². The first-order valence-corrected chi connectivity index (χ1v) is 11.3. The van der Waals surface area contributed by atoms with Gasteiger partial charge in [0.05, 0.1) is 27.5 Å². The van der Waals surface area contributed by atoms with Crippen LogP contribution in [0.5, 0.6) is 0 Å². The average Bonchev–Trinajstić information content (AvgIpc) is 2.76. The van der Waals surface area contributed by atoms with Crippen LogP contribution < -0.4 is 21.7 Å². The molecule has 0 saturated heterocycles. The van der Waals surface area contributed by atoms with Crippen molar-refractivity contribution in [2.75, 3.05) is 0 Å². The van der Waals surface area contributed by atoms with Crippen LogP contribution in [0.15, 0.2) is 18.2 Å². The molecular weight excluding hydrogens is 476 g/mol. The summed E-state index contributed by atoms with van der Waals surface area (Å²) in [5.41, 5.74) is 4.00. The van der Waals surface area contributed by atoms with Gasteiger partial charge in [0.25, 0.3) is 17.3 Å². The molecule has 0 fully saturated rings. The van der Waals surface area contributed by atoms with E-state index in [9.17, 15) is 39.4 Å². The van der Waals surface area contributed by atoms with E-state index in [1.165, 1.54) is 6.92 Å². The predicted molar refractivity (Wildman–Crippen MR) is 129 cm³/mol. The molecule has 0 saturated carbocycles. The third-order valence-corrected chi connectivity index (χ3v) is 4.98. The number of rotatable bonds is 12. The summed E-state index contributed by atoms with van der Waals surface area (Å²) in [7, 11) is 0. The molecule has 36 heavy (non-hydrogen) atoms. The summed E-state index contributed by atoms with van der Waals surface area (Å²) >= 11 is 0. The number of imide groups is 1. The zero-order valence-corrected chi connectivity index (χ0v) is 20.8.